The van der Waals surface area contributed by atoms with Crippen LogP contribution in [-0.2, 0) is 4.84 Å². The zero-order chi connectivity index (χ0) is 5.54. The second-order valence-corrected chi connectivity index (χ2v) is 0.659. The predicted molar refractivity (Wildman–Crippen MR) is 27.5 cm³/mol. The molecule has 0 aromatic rings. The van der Waals surface area contributed by atoms with Gasteiger partial charge in [-0.05, 0) is 5.16 Å². The van der Waals surface area contributed by atoms with Crippen molar-refractivity contribution in [2.24, 2.45) is 10.9 Å². The maximum Gasteiger partial charge on any atom is 0.115 e. The van der Waals surface area contributed by atoms with E-state index in [0.717, 1.165) is 6.20 Å². The van der Waals surface area contributed by atoms with Crippen LogP contribution in [0.4, 0.5) is 0 Å². The van der Waals surface area contributed by atoms with E-state index >= 15 is 0 Å². The van der Waals surface area contributed by atoms with Crippen molar-refractivity contribution in [2.75, 3.05) is 0 Å². The van der Waals surface area contributed by atoms with Crippen molar-refractivity contribution in [1.29, 1.82) is 0 Å². The highest BCUT2D eigenvalue weighted by Gasteiger charge is 1.53. The lowest BCUT2D eigenvalue weighted by molar-refractivity contribution is 0.273. The minimum absolute atomic E-state index is 1.14. The fourth-order valence-electron chi connectivity index (χ4n) is 0.0981. The summed E-state index contributed by atoms with van der Waals surface area (Å²) in [5, 5.41) is 3.16. The summed E-state index contributed by atoms with van der Waals surface area (Å²) in [4.78, 5) is 4.24. The molecule has 0 spiro atoms. The topological polar surface area (TPSA) is 47.6 Å². The molecule has 0 amide bonds. The highest BCUT2D eigenvalue weighted by molar-refractivity contribution is 5.49. The third-order valence-corrected chi connectivity index (χ3v) is 0.254. The second-order valence-electron chi connectivity index (χ2n) is 0.659. The third-order valence-electron chi connectivity index (χ3n) is 0.254. The Bertz CT molecular complexity index is 102. The summed E-state index contributed by atoms with van der Waals surface area (Å²) in [6, 6.07) is 0. The van der Waals surface area contributed by atoms with Gasteiger partial charge >= 0.3 is 0 Å². The Balaban J connectivity index is 3.27. The number of hydrogen-bond acceptors (Lipinski definition) is 3. The Morgan fingerprint density at radius 2 is 2.57 bits per heavy atom. The van der Waals surface area contributed by atoms with Gasteiger partial charge in [-0.1, -0.05) is 6.58 Å². The summed E-state index contributed by atoms with van der Waals surface area (Å²) in [5.41, 5.74) is 4.83. The van der Waals surface area contributed by atoms with Crippen LogP contribution in [0.2, 0.25) is 0 Å². The van der Waals surface area contributed by atoms with Crippen LogP contribution >= 0.6 is 0 Å². The summed E-state index contributed by atoms with van der Waals surface area (Å²) in [6.07, 6.45) is 2.32. The van der Waals surface area contributed by atoms with E-state index in [1.54, 1.807) is 0 Å². The molecule has 0 aromatic heterocycles. The first-order chi connectivity index (χ1) is 3.41. The van der Waals surface area contributed by atoms with Crippen molar-refractivity contribution in [3.63, 3.8) is 0 Å². The molecule has 0 radical (unpaired) electrons. The highest BCUT2D eigenvalue weighted by Crippen LogP contribution is 1.66. The van der Waals surface area contributed by atoms with Crippen molar-refractivity contribution >= 4 is 5.87 Å². The van der Waals surface area contributed by atoms with E-state index in [9.17, 15) is 0 Å². The van der Waals surface area contributed by atoms with Gasteiger partial charge in [0.25, 0.3) is 0 Å². The van der Waals surface area contributed by atoms with E-state index in [-0.39, 0.29) is 0 Å². The summed E-state index contributed by atoms with van der Waals surface area (Å²) in [5.74, 6) is 2.23. The maximum atomic E-state index is 4.83. The molecule has 3 nitrogen and oxygen atoms in total. The number of nitrogens with zero attached hydrogens (tertiary/aromatic N) is 1. The van der Waals surface area contributed by atoms with Gasteiger partial charge in [-0.3, -0.25) is 0 Å². The van der Waals surface area contributed by atoms with Crippen LogP contribution in [0, 0.1) is 0 Å². The van der Waals surface area contributed by atoms with Gasteiger partial charge in [-0.15, -0.1) is 0 Å². The van der Waals surface area contributed by atoms with E-state index < -0.39 is 0 Å². The molecule has 0 atom stereocenters. The van der Waals surface area contributed by atoms with Crippen LogP contribution in [0.1, 0.15) is 0 Å². The van der Waals surface area contributed by atoms with Crippen molar-refractivity contribution < 1.29 is 4.84 Å². The van der Waals surface area contributed by atoms with Crippen LogP contribution in [0.15, 0.2) is 24.2 Å². The van der Waals surface area contributed by atoms with E-state index in [1.807, 2.05) is 0 Å². The number of hydrogen-bond donors (Lipinski definition) is 1. The van der Waals surface area contributed by atoms with Gasteiger partial charge in [0.15, 0.2) is 0 Å². The fraction of sp³-hybridized carbons (Fsp3) is 0. The average molecular weight is 98.1 g/mol. The van der Waals surface area contributed by atoms with Gasteiger partial charge in [-0.25, -0.2) is 0 Å². The molecule has 0 aliphatic heterocycles. The summed E-state index contributed by atoms with van der Waals surface area (Å²) < 4.78 is 0. The molecule has 0 aliphatic carbocycles. The molecular weight excluding hydrogens is 92.1 g/mol. The summed E-state index contributed by atoms with van der Waals surface area (Å²) >= 11 is 0. The van der Waals surface area contributed by atoms with Crippen molar-refractivity contribution in [2.45, 2.75) is 0 Å². The Hall–Kier alpha value is -1.21. The van der Waals surface area contributed by atoms with Gasteiger partial charge < -0.3 is 10.6 Å². The smallest absolute Gasteiger partial charge is 0.115 e. The first-order valence-electron chi connectivity index (χ1n) is 1.67. The van der Waals surface area contributed by atoms with Crippen LogP contribution in [0.3, 0.4) is 0 Å². The first-order valence-corrected chi connectivity index (χ1v) is 1.67. The molecule has 0 aromatic carbocycles. The fourth-order valence-corrected chi connectivity index (χ4v) is 0.0981. The number of nitrogens with two attached hydrogens (primary N) is 1. The van der Waals surface area contributed by atoms with Gasteiger partial charge in [0.2, 0.25) is 0 Å². The van der Waals surface area contributed by atoms with Crippen LogP contribution in [-0.4, -0.2) is 5.87 Å². The van der Waals surface area contributed by atoms with Crippen LogP contribution in [0.5, 0.6) is 0 Å². The van der Waals surface area contributed by atoms with E-state index in [2.05, 4.69) is 22.4 Å². The first kappa shape index (κ1) is 5.79. The minimum atomic E-state index is 1.14. The van der Waals surface area contributed by atoms with Crippen LogP contribution < -0.4 is 5.73 Å². The van der Waals surface area contributed by atoms with E-state index in [4.69, 9.17) is 5.73 Å². The lowest BCUT2D eigenvalue weighted by atomic mass is 11.0. The Morgan fingerprint density at radius 1 is 1.86 bits per heavy atom. The molecule has 0 aliphatic rings. The highest BCUT2D eigenvalue weighted by atomic mass is 16.6. The molecular formula is C4H6N2O. The van der Waals surface area contributed by atoms with E-state index in [0.29, 0.717) is 0 Å². The van der Waals surface area contributed by atoms with Crippen molar-refractivity contribution in [1.82, 2.24) is 0 Å². The van der Waals surface area contributed by atoms with E-state index in [1.165, 1.54) is 6.26 Å². The summed E-state index contributed by atoms with van der Waals surface area (Å²) in [7, 11) is 0. The molecule has 0 rings (SSSR count). The molecule has 3 heteroatoms. The van der Waals surface area contributed by atoms with Gasteiger partial charge in [0.1, 0.15) is 6.26 Å². The number of rotatable bonds is 2. The molecule has 2 N–H and O–H groups in total. The molecule has 7 heavy (non-hydrogen) atoms. The predicted octanol–water partition coefficient (Wildman–Crippen LogP) is 0.204. The van der Waals surface area contributed by atoms with Crippen molar-refractivity contribution in [3.8, 4) is 0 Å². The largest absolute Gasteiger partial charge is 0.397 e. The van der Waals surface area contributed by atoms with Gasteiger partial charge in [0.05, 0.1) is 6.20 Å². The van der Waals surface area contributed by atoms with Gasteiger partial charge in [-0.2, -0.15) is 0 Å². The second kappa shape index (κ2) is 4.79. The van der Waals surface area contributed by atoms with Crippen LogP contribution in [0.25, 0.3) is 0 Å². The zero-order valence-corrected chi connectivity index (χ0v) is 3.79. The van der Waals surface area contributed by atoms with Gasteiger partial charge in [0, 0.05) is 5.87 Å². The zero-order valence-electron chi connectivity index (χ0n) is 3.79. The average Bonchev–Trinajstić information content (AvgIpc) is 1.69. The third kappa shape index (κ3) is 4.79. The Morgan fingerprint density at radius 3 is 3.00 bits per heavy atom. The molecule has 0 bridgehead atoms. The molecule has 0 saturated heterocycles. The quantitative estimate of drug-likeness (QED) is 0.305. The maximum absolute atomic E-state index is 4.83. The molecule has 38 valence electrons. The van der Waals surface area contributed by atoms with Crippen molar-refractivity contribution in [3.05, 3.63) is 19.0 Å². The normalized spacial score (nSPS) is 5.71. The molecule has 0 fully saturated rings. The SMILES string of the molecule is C=CON=C=CN. The monoisotopic (exact) mass is 98.0 g/mol. The summed E-state index contributed by atoms with van der Waals surface area (Å²) in [6.45, 7) is 3.22. The Labute approximate surface area is 41.8 Å². The molecule has 0 heterocycles. The lowest BCUT2D eigenvalue weighted by Gasteiger charge is -1.74. The Kier molecular flexibility index (Phi) is 3.96. The standard InChI is InChI=1S/C4H6N2O/c1-2-7-6-4-3-5/h2-3H,1,5H2. The molecule has 0 saturated carbocycles. The lowest BCUT2D eigenvalue weighted by Crippen LogP contribution is -1.74. The minimum Gasteiger partial charge on any atom is -0.397 e. The molecule has 0 unspecified atom stereocenters.